The van der Waals surface area contributed by atoms with Crippen molar-refractivity contribution in [3.05, 3.63) is 93.6 Å². The van der Waals surface area contributed by atoms with Crippen LogP contribution in [0.2, 0.25) is 10.0 Å². The third-order valence-corrected chi connectivity index (χ3v) is 5.84. The molecule has 1 heterocycles. The van der Waals surface area contributed by atoms with Crippen molar-refractivity contribution in [3.63, 3.8) is 0 Å². The van der Waals surface area contributed by atoms with Gasteiger partial charge in [0.05, 0.1) is 34.2 Å². The Balaban J connectivity index is 0.00000456. The summed E-state index contributed by atoms with van der Waals surface area (Å²) in [7, 11) is 3.56. The van der Waals surface area contributed by atoms with E-state index in [0.29, 0.717) is 6.61 Å². The van der Waals surface area contributed by atoms with Crippen LogP contribution in [0.15, 0.2) is 66.9 Å². The van der Waals surface area contributed by atoms with Crippen LogP contribution in [0.25, 0.3) is 6.08 Å². The maximum Gasteiger partial charge on any atom is 1.00 e. The molecule has 0 saturated carbocycles. The number of nitrogens with one attached hydrogen (secondary N) is 1. The van der Waals surface area contributed by atoms with E-state index in [1.165, 1.54) is 12.1 Å². The molecule has 10 heteroatoms. The fourth-order valence-corrected chi connectivity index (χ4v) is 3.88. The van der Waals surface area contributed by atoms with E-state index in [9.17, 15) is 14.7 Å². The molecular weight excluding hydrogens is 512 g/mol. The largest absolute Gasteiger partial charge is 1.00 e. The van der Waals surface area contributed by atoms with Crippen molar-refractivity contribution in [2.24, 2.45) is 0 Å². The van der Waals surface area contributed by atoms with E-state index in [-0.39, 0.29) is 51.6 Å². The van der Waals surface area contributed by atoms with Crippen molar-refractivity contribution in [1.82, 2.24) is 10.3 Å². The average molecular weight is 536 g/mol. The van der Waals surface area contributed by atoms with Gasteiger partial charge in [0.1, 0.15) is 5.82 Å². The maximum atomic E-state index is 12.5. The summed E-state index contributed by atoms with van der Waals surface area (Å²) in [6, 6.07) is 14.9. The monoisotopic (exact) mass is 535 g/mol. The summed E-state index contributed by atoms with van der Waals surface area (Å²) in [5.74, 6) is -1.30. The fraction of sp³-hybridized carbons (Fsp3) is 0.192. The number of nitrogens with zero attached hydrogens (tertiary/aromatic N) is 2. The molecule has 1 amide bonds. The molecule has 0 aliphatic carbocycles. The second kappa shape index (κ2) is 14.4. The zero-order valence-electron chi connectivity index (χ0n) is 20.2. The molecule has 0 bridgehead atoms. The number of halogens is 2. The van der Waals surface area contributed by atoms with Crippen molar-refractivity contribution < 1.29 is 49.0 Å². The first kappa shape index (κ1) is 29.8. The molecule has 1 atom stereocenters. The molecule has 2 aromatic carbocycles. The van der Waals surface area contributed by atoms with Crippen molar-refractivity contribution in [2.75, 3.05) is 19.1 Å². The molecular formula is C26H24Cl2N3NaO4. The molecule has 1 unspecified atom stereocenters. The summed E-state index contributed by atoms with van der Waals surface area (Å²) < 4.78 is 5.11. The predicted molar refractivity (Wildman–Crippen MR) is 136 cm³/mol. The van der Waals surface area contributed by atoms with E-state index >= 15 is 0 Å². The van der Waals surface area contributed by atoms with Crippen LogP contribution in [0.5, 0.6) is 0 Å². The molecule has 36 heavy (non-hydrogen) atoms. The Bertz CT molecular complexity index is 1180. The first-order valence-corrected chi connectivity index (χ1v) is 11.5. The Morgan fingerprint density at radius 2 is 1.78 bits per heavy atom. The number of benzene rings is 2. The zero-order valence-corrected chi connectivity index (χ0v) is 23.7. The van der Waals surface area contributed by atoms with Gasteiger partial charge in [-0.25, -0.2) is 4.98 Å². The van der Waals surface area contributed by atoms with Crippen LogP contribution in [0.1, 0.15) is 27.9 Å². The number of carboxylic acid groups (broad SMARTS) is 1. The topological polar surface area (TPSA) is 94.6 Å². The molecule has 182 valence electrons. The molecule has 0 aliphatic rings. The van der Waals surface area contributed by atoms with E-state index in [0.717, 1.165) is 22.6 Å². The van der Waals surface area contributed by atoms with Crippen LogP contribution in [-0.2, 0) is 16.1 Å². The van der Waals surface area contributed by atoms with E-state index in [2.05, 4.69) is 10.3 Å². The molecule has 0 aliphatic heterocycles. The number of carboxylic acids is 1. The summed E-state index contributed by atoms with van der Waals surface area (Å²) in [5, 5.41) is 14.2. The number of aromatic nitrogens is 1. The molecule has 7 nitrogen and oxygen atoms in total. The third-order valence-electron chi connectivity index (χ3n) is 5.21. The van der Waals surface area contributed by atoms with Crippen LogP contribution >= 0.6 is 23.2 Å². The molecule has 3 rings (SSSR count). The minimum absolute atomic E-state index is 0. The van der Waals surface area contributed by atoms with E-state index in [4.69, 9.17) is 27.9 Å². The van der Waals surface area contributed by atoms with Crippen molar-refractivity contribution in [3.8, 4) is 0 Å². The molecule has 0 radical (unpaired) electrons. The van der Waals surface area contributed by atoms with Gasteiger partial charge in [0.2, 0.25) is 0 Å². The minimum atomic E-state index is -1.41. The summed E-state index contributed by atoms with van der Waals surface area (Å²) in [5.41, 5.74) is 2.81. The number of amides is 1. The summed E-state index contributed by atoms with van der Waals surface area (Å²) in [6.45, 7) is 0.508. The quantitative estimate of drug-likeness (QED) is 0.393. The first-order valence-electron chi connectivity index (χ1n) is 10.7. The molecule has 0 fully saturated rings. The van der Waals surface area contributed by atoms with Crippen LogP contribution in [0.3, 0.4) is 0 Å². The van der Waals surface area contributed by atoms with E-state index in [1.54, 1.807) is 31.5 Å². The number of carbonyl (C=O) groups excluding carboxylic acids is 2. The van der Waals surface area contributed by atoms with Gasteiger partial charge in [-0.3, -0.25) is 4.79 Å². The van der Waals surface area contributed by atoms with Gasteiger partial charge in [-0.2, -0.15) is 0 Å². The van der Waals surface area contributed by atoms with Crippen molar-refractivity contribution in [2.45, 2.75) is 19.1 Å². The Hall–Kier alpha value is -2.39. The summed E-state index contributed by atoms with van der Waals surface area (Å²) >= 11 is 12.1. The van der Waals surface area contributed by atoms with Gasteiger partial charge in [-0.1, -0.05) is 59.6 Å². The molecule has 3 aromatic rings. The van der Waals surface area contributed by atoms with Crippen LogP contribution in [0, 0.1) is 0 Å². The van der Waals surface area contributed by atoms with E-state index < -0.39 is 17.9 Å². The maximum absolute atomic E-state index is 12.5. The number of carbonyl (C=O) groups is 2. The zero-order chi connectivity index (χ0) is 25.4. The molecule has 0 saturated heterocycles. The smallest absolute Gasteiger partial charge is 0.548 e. The normalized spacial score (nSPS) is 11.6. The van der Waals surface area contributed by atoms with Crippen LogP contribution in [-0.4, -0.2) is 37.1 Å². The minimum Gasteiger partial charge on any atom is -0.548 e. The van der Waals surface area contributed by atoms with Crippen LogP contribution in [0.4, 0.5) is 11.5 Å². The van der Waals surface area contributed by atoms with E-state index in [1.807, 2.05) is 48.3 Å². The van der Waals surface area contributed by atoms with Gasteiger partial charge < -0.3 is 24.9 Å². The second-order valence-corrected chi connectivity index (χ2v) is 8.50. The number of rotatable bonds is 10. The van der Waals surface area contributed by atoms with Crippen molar-refractivity contribution in [1.29, 1.82) is 0 Å². The third kappa shape index (κ3) is 8.06. The van der Waals surface area contributed by atoms with Gasteiger partial charge in [0.25, 0.3) is 5.91 Å². The number of hydrogen-bond acceptors (Lipinski definition) is 6. The standard InChI is InChI=1S/C26H25Cl2N3O4.Na/c1-31(23-14-11-18(15-29-23)16-35-2)19-12-9-17(10-13-19)5-3-8-22(26(33)34)30-25(32)24-20(27)6-4-7-21(24)28;/h3-7,9-15,22H,8,16H2,1-2H3,(H,30,32)(H,33,34);/q;+1/p-1/b5-3+;. The Labute approximate surface area is 242 Å². The summed E-state index contributed by atoms with van der Waals surface area (Å²) in [6.07, 6.45) is 5.23. The predicted octanol–water partition coefficient (Wildman–Crippen LogP) is 1.26. The van der Waals surface area contributed by atoms with Gasteiger partial charge in [-0.05, 0) is 47.9 Å². The average Bonchev–Trinajstić information content (AvgIpc) is 2.84. The van der Waals surface area contributed by atoms with Crippen LogP contribution < -0.4 is 44.9 Å². The number of pyridine rings is 1. The fourth-order valence-electron chi connectivity index (χ4n) is 3.31. The molecule has 1 N–H and O–H groups in total. The number of aliphatic carboxylic acids is 1. The van der Waals surface area contributed by atoms with Gasteiger partial charge in [0.15, 0.2) is 0 Å². The number of methoxy groups -OCH3 is 1. The molecule has 1 aromatic heterocycles. The van der Waals surface area contributed by atoms with Gasteiger partial charge in [-0.15, -0.1) is 0 Å². The van der Waals surface area contributed by atoms with Gasteiger partial charge >= 0.3 is 29.6 Å². The van der Waals surface area contributed by atoms with Crippen molar-refractivity contribution >= 4 is 52.7 Å². The van der Waals surface area contributed by atoms with Gasteiger partial charge in [0, 0.05) is 26.0 Å². The summed E-state index contributed by atoms with van der Waals surface area (Å²) in [4.78, 5) is 30.4. The number of hydrogen-bond donors (Lipinski definition) is 1. The number of anilines is 2. The molecule has 0 spiro atoms. The Morgan fingerprint density at radius 1 is 1.11 bits per heavy atom. The second-order valence-electron chi connectivity index (χ2n) is 7.69. The number of ether oxygens (including phenoxy) is 1. The SMILES string of the molecule is COCc1ccc(N(C)c2ccc(/C=C/CC(NC(=O)c3c(Cl)cccc3Cl)C(=O)[O-])cc2)nc1.[Na+]. The Morgan fingerprint density at radius 3 is 2.33 bits per heavy atom. The Kier molecular flexibility index (Phi) is 11.9. The first-order chi connectivity index (χ1) is 16.8.